The average molecular weight is 144 g/mol. The van der Waals surface area contributed by atoms with Gasteiger partial charge in [-0.3, -0.25) is 5.41 Å². The monoisotopic (exact) mass is 144 g/mol. The maximum atomic E-state index is 10.1. The number of rotatable bonds is 2. The highest BCUT2D eigenvalue weighted by molar-refractivity contribution is 5.73. The molecule has 0 aromatic carbocycles. The normalized spacial score (nSPS) is 16.4. The van der Waals surface area contributed by atoms with Crippen molar-refractivity contribution in [3.8, 4) is 0 Å². The Labute approximate surface area is 57.2 Å². The van der Waals surface area contributed by atoms with E-state index in [0.717, 1.165) is 12.8 Å². The Hall–Kier alpha value is -1.33. The molecule has 1 rings (SSSR count). The Bertz CT molecular complexity index is 162. The molecule has 0 amide bonds. The lowest BCUT2D eigenvalue weighted by Gasteiger charge is -2.08. The Balaban J connectivity index is 2.58. The molecule has 0 aliphatic heterocycles. The van der Waals surface area contributed by atoms with Gasteiger partial charge < -0.3 is 5.73 Å². The third-order valence-corrected chi connectivity index (χ3v) is 1.32. The first kappa shape index (κ1) is 6.79. The van der Waals surface area contributed by atoms with E-state index < -0.39 is 11.0 Å². The number of nitrogens with one attached hydrogen (secondary N) is 1. The van der Waals surface area contributed by atoms with Gasteiger partial charge in [0.2, 0.25) is 0 Å². The molecule has 0 radical (unpaired) electrons. The summed E-state index contributed by atoms with van der Waals surface area (Å²) in [6.45, 7) is 0. The number of hydrogen-bond donors (Lipinski definition) is 2. The van der Waals surface area contributed by atoms with Crippen LogP contribution in [-0.2, 0) is 0 Å². The van der Waals surface area contributed by atoms with E-state index >= 15 is 0 Å². The first-order valence-electron chi connectivity index (χ1n) is 2.90. The molecule has 1 saturated carbocycles. The summed E-state index contributed by atoms with van der Waals surface area (Å²) in [7, 11) is 0. The van der Waals surface area contributed by atoms with Crippen molar-refractivity contribution in [3.63, 3.8) is 0 Å². The molecule has 0 bridgehead atoms. The van der Waals surface area contributed by atoms with Crippen LogP contribution in [0.2, 0.25) is 0 Å². The van der Waals surface area contributed by atoms with Crippen LogP contribution in [0.3, 0.4) is 0 Å². The smallest absolute Gasteiger partial charge is 0.252 e. The molecule has 3 N–H and O–H groups in total. The third kappa shape index (κ3) is 1.15. The summed E-state index contributed by atoms with van der Waals surface area (Å²) in [4.78, 5) is 10.1. The molecule has 0 spiro atoms. The van der Waals surface area contributed by atoms with Gasteiger partial charge in [0.15, 0.2) is 5.03 Å². The van der Waals surface area contributed by atoms with Crippen LogP contribution < -0.4 is 5.73 Å². The van der Waals surface area contributed by atoms with Gasteiger partial charge in [-0.25, -0.2) is 10.1 Å². The summed E-state index contributed by atoms with van der Waals surface area (Å²) in [6, 6.07) is -0.132. The predicted molar refractivity (Wildman–Crippen MR) is 33.8 cm³/mol. The highest BCUT2D eigenvalue weighted by Crippen LogP contribution is 2.25. The zero-order valence-electron chi connectivity index (χ0n) is 5.28. The van der Waals surface area contributed by atoms with E-state index in [-0.39, 0.29) is 6.04 Å². The summed E-state index contributed by atoms with van der Waals surface area (Å²) in [5, 5.41) is 17.0. The molecule has 6 nitrogen and oxygen atoms in total. The summed E-state index contributed by atoms with van der Waals surface area (Å²) in [6.07, 6.45) is 1.53. The van der Waals surface area contributed by atoms with Crippen LogP contribution in [0, 0.1) is 15.5 Å². The van der Waals surface area contributed by atoms with Gasteiger partial charge in [-0.05, 0) is 12.8 Å². The van der Waals surface area contributed by atoms with Crippen molar-refractivity contribution in [2.24, 2.45) is 5.73 Å². The first-order valence-corrected chi connectivity index (χ1v) is 2.90. The SMILES string of the molecule is N=C(N)N(C1CC1)[N+](=O)[O-]. The quantitative estimate of drug-likeness (QED) is 0.237. The van der Waals surface area contributed by atoms with Crippen molar-refractivity contribution in [2.75, 3.05) is 0 Å². The zero-order valence-corrected chi connectivity index (χ0v) is 5.28. The fourth-order valence-electron chi connectivity index (χ4n) is 0.737. The molecule has 1 fully saturated rings. The molecule has 1 aliphatic carbocycles. The van der Waals surface area contributed by atoms with Crippen molar-refractivity contribution < 1.29 is 5.03 Å². The second-order valence-electron chi connectivity index (χ2n) is 2.20. The van der Waals surface area contributed by atoms with Gasteiger partial charge in [0.25, 0.3) is 5.96 Å². The van der Waals surface area contributed by atoms with Gasteiger partial charge in [-0.15, -0.1) is 0 Å². The number of nitrogens with zero attached hydrogens (tertiary/aromatic N) is 2. The third-order valence-electron chi connectivity index (χ3n) is 1.32. The summed E-state index contributed by atoms with van der Waals surface area (Å²) >= 11 is 0. The summed E-state index contributed by atoms with van der Waals surface area (Å²) in [5.41, 5.74) is 4.95. The number of hydrazine groups is 1. The minimum atomic E-state index is -0.639. The topological polar surface area (TPSA) is 96.2 Å². The van der Waals surface area contributed by atoms with Gasteiger partial charge in [0.1, 0.15) is 0 Å². The minimum absolute atomic E-state index is 0.132. The molecule has 0 atom stereocenters. The van der Waals surface area contributed by atoms with Crippen molar-refractivity contribution in [3.05, 3.63) is 10.1 Å². The number of nitrogens with two attached hydrogens (primary N) is 1. The zero-order chi connectivity index (χ0) is 7.72. The Morgan fingerprint density at radius 2 is 2.30 bits per heavy atom. The average Bonchev–Trinajstić information content (AvgIpc) is 2.46. The molecule has 6 heteroatoms. The van der Waals surface area contributed by atoms with E-state index in [0.29, 0.717) is 5.01 Å². The molecule has 0 unspecified atom stereocenters. The maximum absolute atomic E-state index is 10.1. The lowest BCUT2D eigenvalue weighted by atomic mass is 10.6. The van der Waals surface area contributed by atoms with Gasteiger partial charge in [0, 0.05) is 0 Å². The standard InChI is InChI=1S/C4H8N4O2/c5-4(6)7(8(9)10)3-1-2-3/h3H,1-2H2,(H3,5,6). The number of guanidine groups is 1. The van der Waals surface area contributed by atoms with E-state index in [1.165, 1.54) is 0 Å². The Kier molecular flexibility index (Phi) is 1.44. The molecule has 0 aromatic heterocycles. The van der Waals surface area contributed by atoms with Crippen molar-refractivity contribution in [1.82, 2.24) is 5.01 Å². The molecule has 0 heterocycles. The highest BCUT2D eigenvalue weighted by atomic mass is 16.7. The van der Waals surface area contributed by atoms with Crippen molar-refractivity contribution in [2.45, 2.75) is 18.9 Å². The second-order valence-corrected chi connectivity index (χ2v) is 2.20. The van der Waals surface area contributed by atoms with Crippen LogP contribution in [-0.4, -0.2) is 22.0 Å². The van der Waals surface area contributed by atoms with Gasteiger partial charge in [0.05, 0.1) is 6.04 Å². The molecule has 10 heavy (non-hydrogen) atoms. The predicted octanol–water partition coefficient (Wildman–Crippen LogP) is -0.464. The van der Waals surface area contributed by atoms with E-state index in [4.69, 9.17) is 11.1 Å². The Morgan fingerprint density at radius 1 is 1.80 bits per heavy atom. The van der Waals surface area contributed by atoms with Crippen LogP contribution >= 0.6 is 0 Å². The van der Waals surface area contributed by atoms with E-state index in [9.17, 15) is 10.1 Å². The van der Waals surface area contributed by atoms with Gasteiger partial charge >= 0.3 is 0 Å². The van der Waals surface area contributed by atoms with Crippen LogP contribution in [0.25, 0.3) is 0 Å². The molecule has 1 aliphatic rings. The van der Waals surface area contributed by atoms with Crippen LogP contribution in [0.1, 0.15) is 12.8 Å². The molecule has 0 aromatic rings. The Morgan fingerprint density at radius 3 is 2.40 bits per heavy atom. The summed E-state index contributed by atoms with van der Waals surface area (Å²) in [5.74, 6) is -0.479. The van der Waals surface area contributed by atoms with Crippen molar-refractivity contribution >= 4 is 5.96 Å². The number of nitro groups is 1. The van der Waals surface area contributed by atoms with Gasteiger partial charge in [-0.2, -0.15) is 0 Å². The van der Waals surface area contributed by atoms with Crippen LogP contribution in [0.5, 0.6) is 0 Å². The highest BCUT2D eigenvalue weighted by Gasteiger charge is 2.38. The summed E-state index contributed by atoms with van der Waals surface area (Å²) < 4.78 is 0. The van der Waals surface area contributed by atoms with E-state index in [2.05, 4.69) is 0 Å². The largest absolute Gasteiger partial charge is 0.365 e. The van der Waals surface area contributed by atoms with Gasteiger partial charge in [-0.1, -0.05) is 5.01 Å². The second kappa shape index (κ2) is 2.13. The van der Waals surface area contributed by atoms with Crippen molar-refractivity contribution in [1.29, 1.82) is 5.41 Å². The van der Waals surface area contributed by atoms with E-state index in [1.807, 2.05) is 0 Å². The van der Waals surface area contributed by atoms with Crippen LogP contribution in [0.4, 0.5) is 0 Å². The molecule has 56 valence electrons. The molecular weight excluding hydrogens is 136 g/mol. The molecule has 0 saturated heterocycles. The first-order chi connectivity index (χ1) is 4.63. The lowest BCUT2D eigenvalue weighted by Crippen LogP contribution is -2.42. The fraction of sp³-hybridized carbons (Fsp3) is 0.750. The van der Waals surface area contributed by atoms with E-state index in [1.54, 1.807) is 0 Å². The minimum Gasteiger partial charge on any atom is -0.365 e. The number of hydrogen-bond acceptors (Lipinski definition) is 3. The van der Waals surface area contributed by atoms with Crippen LogP contribution in [0.15, 0.2) is 0 Å². The fourth-order valence-corrected chi connectivity index (χ4v) is 0.737. The lowest BCUT2D eigenvalue weighted by molar-refractivity contribution is -0.633. The molecular formula is C4H8N4O2. The maximum Gasteiger partial charge on any atom is 0.252 e.